The van der Waals surface area contributed by atoms with Crippen LogP contribution >= 0.6 is 23.2 Å². The molecule has 1 rings (SSSR count). The molecule has 3 nitrogen and oxygen atoms in total. The summed E-state index contributed by atoms with van der Waals surface area (Å²) in [5, 5.41) is 9.70. The Morgan fingerprint density at radius 2 is 2.11 bits per heavy atom. The van der Waals surface area contributed by atoms with Crippen molar-refractivity contribution in [1.82, 2.24) is 4.90 Å². The van der Waals surface area contributed by atoms with Gasteiger partial charge in [-0.15, -0.1) is 0 Å². The van der Waals surface area contributed by atoms with Gasteiger partial charge in [-0.1, -0.05) is 29.3 Å². The van der Waals surface area contributed by atoms with Gasteiger partial charge in [0.1, 0.15) is 0 Å². The molecule has 0 saturated carbocycles. The number of hydrogen-bond donors (Lipinski definition) is 1. The standard InChI is InChI=1S/C13H17Cl2NO2/c1-9(8-17)16(2)7-6-12(18)10-4-3-5-11(14)13(10)15/h3-5,9,17H,6-8H2,1-2H3. The van der Waals surface area contributed by atoms with E-state index in [2.05, 4.69) is 0 Å². The van der Waals surface area contributed by atoms with Crippen LogP contribution in [0, 0.1) is 0 Å². The Labute approximate surface area is 117 Å². The summed E-state index contributed by atoms with van der Waals surface area (Å²) in [7, 11) is 1.87. The average Bonchev–Trinajstić information content (AvgIpc) is 2.37. The highest BCUT2D eigenvalue weighted by Crippen LogP contribution is 2.26. The van der Waals surface area contributed by atoms with Crippen molar-refractivity contribution in [3.8, 4) is 0 Å². The molecule has 0 spiro atoms. The number of aliphatic hydroxyl groups is 1. The zero-order valence-corrected chi connectivity index (χ0v) is 12.0. The minimum Gasteiger partial charge on any atom is -0.395 e. The van der Waals surface area contributed by atoms with Gasteiger partial charge in [0, 0.05) is 24.6 Å². The van der Waals surface area contributed by atoms with Gasteiger partial charge >= 0.3 is 0 Å². The van der Waals surface area contributed by atoms with Gasteiger partial charge < -0.3 is 10.0 Å². The molecule has 1 unspecified atom stereocenters. The minimum atomic E-state index is -0.0421. The fraction of sp³-hybridized carbons (Fsp3) is 0.462. The van der Waals surface area contributed by atoms with Crippen LogP contribution in [0.3, 0.4) is 0 Å². The lowest BCUT2D eigenvalue weighted by molar-refractivity contribution is 0.0947. The third-order valence-electron chi connectivity index (χ3n) is 2.96. The normalized spacial score (nSPS) is 12.8. The van der Waals surface area contributed by atoms with Crippen LogP contribution in [-0.2, 0) is 0 Å². The van der Waals surface area contributed by atoms with Gasteiger partial charge in [0.25, 0.3) is 0 Å². The number of carbonyl (C=O) groups excluding carboxylic acids is 1. The van der Waals surface area contributed by atoms with Crippen molar-refractivity contribution >= 4 is 29.0 Å². The number of likely N-dealkylation sites (N-methyl/N-ethyl adjacent to an activating group) is 1. The molecule has 0 amide bonds. The Bertz CT molecular complexity index is 423. The molecule has 100 valence electrons. The van der Waals surface area contributed by atoms with E-state index >= 15 is 0 Å². The molecule has 0 fully saturated rings. The van der Waals surface area contributed by atoms with Gasteiger partial charge in [-0.2, -0.15) is 0 Å². The van der Waals surface area contributed by atoms with Crippen molar-refractivity contribution in [2.24, 2.45) is 0 Å². The third-order valence-corrected chi connectivity index (χ3v) is 3.78. The van der Waals surface area contributed by atoms with Crippen molar-refractivity contribution in [2.45, 2.75) is 19.4 Å². The third kappa shape index (κ3) is 3.95. The van der Waals surface area contributed by atoms with Gasteiger partial charge in [0.2, 0.25) is 0 Å². The fourth-order valence-electron chi connectivity index (χ4n) is 1.49. The highest BCUT2D eigenvalue weighted by atomic mass is 35.5. The highest BCUT2D eigenvalue weighted by molar-refractivity contribution is 6.43. The van der Waals surface area contributed by atoms with Crippen molar-refractivity contribution in [3.63, 3.8) is 0 Å². The van der Waals surface area contributed by atoms with Crippen LogP contribution in [0.25, 0.3) is 0 Å². The van der Waals surface area contributed by atoms with Crippen molar-refractivity contribution in [2.75, 3.05) is 20.2 Å². The molecule has 0 aliphatic rings. The molecule has 0 heterocycles. The number of Topliss-reactive ketones (excluding diaryl/α,β-unsaturated/α-hetero) is 1. The quantitative estimate of drug-likeness (QED) is 0.819. The number of halogens is 2. The van der Waals surface area contributed by atoms with Crippen molar-refractivity contribution < 1.29 is 9.90 Å². The van der Waals surface area contributed by atoms with E-state index in [1.807, 2.05) is 18.9 Å². The van der Waals surface area contributed by atoms with Gasteiger partial charge in [-0.3, -0.25) is 4.79 Å². The maximum Gasteiger partial charge on any atom is 0.165 e. The predicted molar refractivity (Wildman–Crippen MR) is 74.6 cm³/mol. The molecule has 0 aliphatic carbocycles. The van der Waals surface area contributed by atoms with Gasteiger partial charge in [-0.25, -0.2) is 0 Å². The Morgan fingerprint density at radius 1 is 1.44 bits per heavy atom. The van der Waals surface area contributed by atoms with E-state index in [1.54, 1.807) is 18.2 Å². The minimum absolute atomic E-state index is 0.0348. The van der Waals surface area contributed by atoms with E-state index in [0.717, 1.165) is 0 Å². The smallest absolute Gasteiger partial charge is 0.165 e. The fourth-order valence-corrected chi connectivity index (χ4v) is 1.90. The number of rotatable bonds is 6. The van der Waals surface area contributed by atoms with Gasteiger partial charge in [0.15, 0.2) is 5.78 Å². The van der Waals surface area contributed by atoms with Crippen LogP contribution in [0.4, 0.5) is 0 Å². The molecule has 1 atom stereocenters. The largest absolute Gasteiger partial charge is 0.395 e. The number of ketones is 1. The first-order valence-electron chi connectivity index (χ1n) is 5.75. The lowest BCUT2D eigenvalue weighted by atomic mass is 10.1. The van der Waals surface area contributed by atoms with Crippen LogP contribution in [0.1, 0.15) is 23.7 Å². The first kappa shape index (κ1) is 15.4. The average molecular weight is 290 g/mol. The number of benzene rings is 1. The Morgan fingerprint density at radius 3 is 2.72 bits per heavy atom. The van der Waals surface area contributed by atoms with E-state index in [9.17, 15) is 4.79 Å². The molecular weight excluding hydrogens is 273 g/mol. The summed E-state index contributed by atoms with van der Waals surface area (Å²) < 4.78 is 0. The summed E-state index contributed by atoms with van der Waals surface area (Å²) in [5.41, 5.74) is 0.453. The molecule has 1 aromatic rings. The molecule has 0 saturated heterocycles. The summed E-state index contributed by atoms with van der Waals surface area (Å²) in [6, 6.07) is 5.07. The number of hydrogen-bond acceptors (Lipinski definition) is 3. The van der Waals surface area contributed by atoms with E-state index in [1.165, 1.54) is 0 Å². The van der Waals surface area contributed by atoms with Gasteiger partial charge in [-0.05, 0) is 26.1 Å². The van der Waals surface area contributed by atoms with Crippen LogP contribution in [0.2, 0.25) is 10.0 Å². The second-order valence-electron chi connectivity index (χ2n) is 4.29. The number of carbonyl (C=O) groups is 1. The molecule has 1 N–H and O–H groups in total. The Hall–Kier alpha value is -0.610. The second-order valence-corrected chi connectivity index (χ2v) is 5.07. The van der Waals surface area contributed by atoms with E-state index in [4.69, 9.17) is 28.3 Å². The molecule has 0 radical (unpaired) electrons. The Balaban J connectivity index is 2.64. The predicted octanol–water partition coefficient (Wildman–Crippen LogP) is 2.88. The molecule has 1 aromatic carbocycles. The summed E-state index contributed by atoms with van der Waals surface area (Å²) in [6.45, 7) is 2.54. The van der Waals surface area contributed by atoms with Crippen LogP contribution in [0.5, 0.6) is 0 Å². The summed E-state index contributed by atoms with van der Waals surface area (Å²) >= 11 is 11.9. The zero-order chi connectivity index (χ0) is 13.7. The van der Waals surface area contributed by atoms with Crippen LogP contribution in [0.15, 0.2) is 18.2 Å². The highest BCUT2D eigenvalue weighted by Gasteiger charge is 2.14. The molecule has 18 heavy (non-hydrogen) atoms. The van der Waals surface area contributed by atoms with Crippen LogP contribution < -0.4 is 0 Å². The summed E-state index contributed by atoms with van der Waals surface area (Å²) in [5.74, 6) is -0.0421. The maximum absolute atomic E-state index is 12.0. The molecule has 0 aliphatic heterocycles. The number of nitrogens with zero attached hydrogens (tertiary/aromatic N) is 1. The number of aliphatic hydroxyl groups excluding tert-OH is 1. The monoisotopic (exact) mass is 289 g/mol. The van der Waals surface area contributed by atoms with Crippen LogP contribution in [-0.4, -0.2) is 42.0 Å². The zero-order valence-electron chi connectivity index (χ0n) is 10.5. The summed E-state index contributed by atoms with van der Waals surface area (Å²) in [6.07, 6.45) is 0.348. The Kier molecular flexibility index (Phi) is 6.09. The lowest BCUT2D eigenvalue weighted by Gasteiger charge is -2.22. The lowest BCUT2D eigenvalue weighted by Crippen LogP contribution is -2.33. The topological polar surface area (TPSA) is 40.5 Å². The molecule has 0 bridgehead atoms. The molecular formula is C13H17Cl2NO2. The van der Waals surface area contributed by atoms with E-state index in [0.29, 0.717) is 28.6 Å². The van der Waals surface area contributed by atoms with Crippen molar-refractivity contribution in [3.05, 3.63) is 33.8 Å². The second kappa shape index (κ2) is 7.10. The molecule has 0 aromatic heterocycles. The molecule has 5 heteroatoms. The van der Waals surface area contributed by atoms with E-state index < -0.39 is 0 Å². The van der Waals surface area contributed by atoms with Gasteiger partial charge in [0.05, 0.1) is 16.7 Å². The summed E-state index contributed by atoms with van der Waals surface area (Å²) in [4.78, 5) is 13.9. The van der Waals surface area contributed by atoms with E-state index in [-0.39, 0.29) is 18.4 Å². The first-order chi connectivity index (χ1) is 8.47. The van der Waals surface area contributed by atoms with Crippen molar-refractivity contribution in [1.29, 1.82) is 0 Å². The maximum atomic E-state index is 12.0. The SMILES string of the molecule is CC(CO)N(C)CCC(=O)c1cccc(Cl)c1Cl. The first-order valence-corrected chi connectivity index (χ1v) is 6.51.